The van der Waals surface area contributed by atoms with E-state index >= 15 is 0 Å². The number of aromatic hydroxyl groups is 2. The Hall–Kier alpha value is -4.31. The van der Waals surface area contributed by atoms with Crippen molar-refractivity contribution in [2.75, 3.05) is 26.2 Å². The van der Waals surface area contributed by atoms with Crippen LogP contribution in [0.4, 0.5) is 0 Å². The van der Waals surface area contributed by atoms with Crippen molar-refractivity contribution < 1.29 is 15.0 Å². The SMILES string of the molecule is C.C=CC(=O)N1CC[C@H](Sc2cc(-c3ccc(O)cc3)cc3c2C=NC3)C1.Oc1ccc(-c2cc3c(c(S[C@H]4CCNC4)c2)C=NC3)cc1. The van der Waals surface area contributed by atoms with E-state index in [9.17, 15) is 15.0 Å². The van der Waals surface area contributed by atoms with Crippen molar-refractivity contribution in [3.63, 3.8) is 0 Å². The largest absolute Gasteiger partial charge is 0.508 e. The third-order valence-electron chi connectivity index (χ3n) is 9.05. The predicted octanol–water partition coefficient (Wildman–Crippen LogP) is 7.95. The van der Waals surface area contributed by atoms with Gasteiger partial charge in [0.2, 0.25) is 5.91 Å². The molecule has 2 saturated heterocycles. The molecular formula is C40H42N4O3S2. The van der Waals surface area contributed by atoms with Gasteiger partial charge in [-0.3, -0.25) is 14.8 Å². The molecule has 0 unspecified atom stereocenters. The molecule has 0 radical (unpaired) electrons. The quantitative estimate of drug-likeness (QED) is 0.170. The Morgan fingerprint density at radius 2 is 1.31 bits per heavy atom. The molecule has 9 heteroatoms. The molecule has 8 rings (SSSR count). The summed E-state index contributed by atoms with van der Waals surface area (Å²) >= 11 is 3.80. The number of aliphatic imine (C=N–C) groups is 2. The van der Waals surface area contributed by atoms with Crippen LogP contribution in [0.25, 0.3) is 22.3 Å². The zero-order valence-electron chi connectivity index (χ0n) is 26.6. The first-order valence-corrected chi connectivity index (χ1v) is 18.1. The van der Waals surface area contributed by atoms with E-state index in [1.807, 2.05) is 65.1 Å². The van der Waals surface area contributed by atoms with Crippen LogP contribution in [0.15, 0.2) is 105 Å². The lowest BCUT2D eigenvalue weighted by Gasteiger charge is -2.16. The highest BCUT2D eigenvalue weighted by molar-refractivity contribution is 8.00. The molecule has 4 aromatic carbocycles. The molecule has 3 N–H and O–H groups in total. The Kier molecular flexibility index (Phi) is 10.9. The number of benzene rings is 4. The van der Waals surface area contributed by atoms with Gasteiger partial charge in [0.25, 0.3) is 0 Å². The first-order valence-electron chi connectivity index (χ1n) is 16.3. The van der Waals surface area contributed by atoms with E-state index in [4.69, 9.17) is 0 Å². The topological polar surface area (TPSA) is 97.5 Å². The normalized spacial score (nSPS) is 18.4. The molecule has 4 aliphatic heterocycles. The second-order valence-electron chi connectivity index (χ2n) is 12.4. The molecule has 4 heterocycles. The fourth-order valence-electron chi connectivity index (χ4n) is 6.47. The Bertz CT molecular complexity index is 1880. The molecule has 0 saturated carbocycles. The maximum absolute atomic E-state index is 11.8. The van der Waals surface area contributed by atoms with Crippen LogP contribution in [0.1, 0.15) is 42.5 Å². The number of nitrogens with one attached hydrogen (secondary N) is 1. The minimum Gasteiger partial charge on any atom is -0.508 e. The summed E-state index contributed by atoms with van der Waals surface area (Å²) in [6, 6.07) is 23.6. The number of hydrogen-bond acceptors (Lipinski definition) is 8. The molecule has 252 valence electrons. The summed E-state index contributed by atoms with van der Waals surface area (Å²) in [6.45, 7) is 8.81. The molecule has 4 aromatic rings. The second-order valence-corrected chi connectivity index (χ2v) is 15.1. The molecule has 2 atom stereocenters. The zero-order valence-corrected chi connectivity index (χ0v) is 28.3. The predicted molar refractivity (Wildman–Crippen MR) is 205 cm³/mol. The van der Waals surface area contributed by atoms with Crippen LogP contribution in [0.2, 0.25) is 0 Å². The number of hydrogen-bond donors (Lipinski definition) is 3. The van der Waals surface area contributed by atoms with Gasteiger partial charge in [0.05, 0.1) is 13.1 Å². The minimum absolute atomic E-state index is 0. The Labute approximate surface area is 297 Å². The summed E-state index contributed by atoms with van der Waals surface area (Å²) in [7, 11) is 0. The van der Waals surface area contributed by atoms with Gasteiger partial charge in [-0.2, -0.15) is 0 Å². The molecular weight excluding hydrogens is 649 g/mol. The monoisotopic (exact) mass is 690 g/mol. The van der Waals surface area contributed by atoms with Crippen molar-refractivity contribution in [3.05, 3.63) is 108 Å². The van der Waals surface area contributed by atoms with Gasteiger partial charge in [-0.15, -0.1) is 23.5 Å². The van der Waals surface area contributed by atoms with Gasteiger partial charge in [0, 0.05) is 63.5 Å². The molecule has 2 fully saturated rings. The minimum atomic E-state index is 0. The number of nitrogens with zero attached hydrogens (tertiary/aromatic N) is 3. The highest BCUT2D eigenvalue weighted by Gasteiger charge is 2.27. The van der Waals surface area contributed by atoms with Crippen LogP contribution in [-0.4, -0.2) is 70.1 Å². The third kappa shape index (κ3) is 7.96. The highest BCUT2D eigenvalue weighted by Crippen LogP contribution is 2.39. The smallest absolute Gasteiger partial charge is 0.245 e. The van der Waals surface area contributed by atoms with Crippen molar-refractivity contribution in [1.82, 2.24) is 10.2 Å². The lowest BCUT2D eigenvalue weighted by atomic mass is 10.0. The van der Waals surface area contributed by atoms with Gasteiger partial charge in [-0.1, -0.05) is 38.3 Å². The van der Waals surface area contributed by atoms with Crippen LogP contribution < -0.4 is 5.32 Å². The van der Waals surface area contributed by atoms with Crippen molar-refractivity contribution in [2.24, 2.45) is 9.98 Å². The molecule has 7 nitrogen and oxygen atoms in total. The third-order valence-corrected chi connectivity index (χ3v) is 11.7. The van der Waals surface area contributed by atoms with Crippen LogP contribution in [0, 0.1) is 0 Å². The van der Waals surface area contributed by atoms with E-state index in [0.717, 1.165) is 55.8 Å². The summed E-state index contributed by atoms with van der Waals surface area (Å²) in [4.78, 5) is 25.1. The number of likely N-dealkylation sites (tertiary alicyclic amines) is 1. The number of amides is 1. The number of carbonyl (C=O) groups is 1. The highest BCUT2D eigenvalue weighted by atomic mass is 32.2. The molecule has 0 spiro atoms. The molecule has 4 aliphatic rings. The zero-order chi connectivity index (χ0) is 33.0. The summed E-state index contributed by atoms with van der Waals surface area (Å²) in [6.07, 6.45) is 7.57. The molecule has 0 aromatic heterocycles. The molecule has 1 amide bonds. The lowest BCUT2D eigenvalue weighted by Crippen LogP contribution is -2.27. The van der Waals surface area contributed by atoms with Crippen LogP contribution in [0.3, 0.4) is 0 Å². The number of rotatable bonds is 7. The van der Waals surface area contributed by atoms with E-state index in [0.29, 0.717) is 22.8 Å². The van der Waals surface area contributed by atoms with Gasteiger partial charge in [0.15, 0.2) is 0 Å². The lowest BCUT2D eigenvalue weighted by molar-refractivity contribution is -0.124. The van der Waals surface area contributed by atoms with E-state index in [2.05, 4.69) is 46.1 Å². The van der Waals surface area contributed by atoms with Crippen LogP contribution >= 0.6 is 23.5 Å². The number of thioether (sulfide) groups is 2. The fraction of sp³-hybridized carbons (Fsp3) is 0.275. The summed E-state index contributed by atoms with van der Waals surface area (Å²) < 4.78 is 0. The van der Waals surface area contributed by atoms with Crippen molar-refractivity contribution >= 4 is 41.9 Å². The van der Waals surface area contributed by atoms with E-state index in [1.54, 1.807) is 24.3 Å². The molecule has 49 heavy (non-hydrogen) atoms. The summed E-state index contributed by atoms with van der Waals surface area (Å²) in [5.74, 6) is 0.586. The second kappa shape index (κ2) is 15.5. The number of phenolic OH excluding ortho intramolecular Hbond substituents is 2. The van der Waals surface area contributed by atoms with Crippen molar-refractivity contribution in [1.29, 1.82) is 0 Å². The summed E-state index contributed by atoms with van der Waals surface area (Å²) in [5.41, 5.74) is 9.58. The Morgan fingerprint density at radius 1 is 0.776 bits per heavy atom. The van der Waals surface area contributed by atoms with Crippen molar-refractivity contribution in [3.8, 4) is 33.8 Å². The molecule has 0 bridgehead atoms. The Morgan fingerprint density at radius 3 is 1.80 bits per heavy atom. The molecule has 0 aliphatic carbocycles. The standard InChI is InChI=1S/C21H20N2O2S.C18H18N2OS.CH4/c1-2-21(25)23-8-7-18(13-23)26-20-10-15(9-16-11-22-12-19(16)20)14-3-5-17(24)6-4-14;21-15-3-1-12(2-4-15)13-7-14-9-20-11-17(14)18(8-13)22-16-5-6-19-10-16;/h2-6,9-10,12,18,24H,1,7-8,11,13H2;1-4,7-8,11,16,19,21H,5-6,9-10H2;1H4/t18-;16-;/m00./s1. The van der Waals surface area contributed by atoms with E-state index < -0.39 is 0 Å². The van der Waals surface area contributed by atoms with Crippen LogP contribution in [-0.2, 0) is 17.9 Å². The van der Waals surface area contributed by atoms with Gasteiger partial charge >= 0.3 is 0 Å². The first-order chi connectivity index (χ1) is 23.4. The van der Waals surface area contributed by atoms with Gasteiger partial charge in [-0.05, 0) is 107 Å². The van der Waals surface area contributed by atoms with E-state index in [1.165, 1.54) is 50.1 Å². The van der Waals surface area contributed by atoms with Crippen LogP contribution in [0.5, 0.6) is 11.5 Å². The maximum atomic E-state index is 11.8. The average molecular weight is 691 g/mol. The van der Waals surface area contributed by atoms with Gasteiger partial charge in [0.1, 0.15) is 11.5 Å². The fourth-order valence-corrected chi connectivity index (χ4v) is 9.12. The number of carbonyl (C=O) groups excluding carboxylic acids is 1. The maximum Gasteiger partial charge on any atom is 0.245 e. The van der Waals surface area contributed by atoms with Gasteiger partial charge in [-0.25, -0.2) is 0 Å². The summed E-state index contributed by atoms with van der Waals surface area (Å²) in [5, 5.41) is 23.5. The Balaban J connectivity index is 0.000000169. The first kappa shape index (κ1) is 34.5. The number of fused-ring (bicyclic) bond motifs is 2. The number of phenols is 2. The average Bonchev–Trinajstić information content (AvgIpc) is 3.93. The van der Waals surface area contributed by atoms with Gasteiger partial charge < -0.3 is 20.4 Å². The van der Waals surface area contributed by atoms with E-state index in [-0.39, 0.29) is 19.1 Å². The van der Waals surface area contributed by atoms with Crippen molar-refractivity contribution in [2.45, 2.75) is 53.6 Å².